The van der Waals surface area contributed by atoms with Crippen molar-refractivity contribution in [1.82, 2.24) is 4.98 Å². The molecule has 0 saturated heterocycles. The molecule has 1 aliphatic rings. The Morgan fingerprint density at radius 1 is 1.45 bits per heavy atom. The van der Waals surface area contributed by atoms with E-state index in [1.165, 1.54) is 11.1 Å². The molecule has 0 amide bonds. The third-order valence-electron chi connectivity index (χ3n) is 2.39. The largest absolute Gasteiger partial charge is 0.257 e. The van der Waals surface area contributed by atoms with E-state index in [0.29, 0.717) is 5.92 Å². The van der Waals surface area contributed by atoms with Crippen molar-refractivity contribution in [3.05, 3.63) is 35.2 Å². The van der Waals surface area contributed by atoms with Crippen LogP contribution in [0.3, 0.4) is 0 Å². The fourth-order valence-electron chi connectivity index (χ4n) is 1.50. The summed E-state index contributed by atoms with van der Waals surface area (Å²) in [5.41, 5.74) is 3.93. The van der Waals surface area contributed by atoms with Crippen molar-refractivity contribution in [2.24, 2.45) is 0 Å². The molecule has 0 radical (unpaired) electrons. The fraction of sp³-hybridized carbons (Fsp3) is 0.300. The van der Waals surface area contributed by atoms with E-state index < -0.39 is 0 Å². The average molecular weight is 145 g/mol. The van der Waals surface area contributed by atoms with Crippen LogP contribution in [0.1, 0.15) is 31.0 Å². The maximum absolute atomic E-state index is 4.28. The number of nitrogens with zero attached hydrogens (tertiary/aromatic N) is 1. The van der Waals surface area contributed by atoms with Gasteiger partial charge in [-0.3, -0.25) is 4.98 Å². The van der Waals surface area contributed by atoms with Crippen molar-refractivity contribution in [3.8, 4) is 0 Å². The minimum Gasteiger partial charge on any atom is -0.257 e. The third-order valence-corrected chi connectivity index (χ3v) is 2.39. The van der Waals surface area contributed by atoms with Crippen LogP contribution in [0.4, 0.5) is 0 Å². The van der Waals surface area contributed by atoms with E-state index in [0.717, 1.165) is 5.69 Å². The molecule has 1 atom stereocenters. The molecule has 56 valence electrons. The van der Waals surface area contributed by atoms with Crippen molar-refractivity contribution >= 4 is 6.08 Å². The van der Waals surface area contributed by atoms with Gasteiger partial charge in [0.15, 0.2) is 0 Å². The monoisotopic (exact) mass is 145 g/mol. The van der Waals surface area contributed by atoms with Gasteiger partial charge >= 0.3 is 0 Å². The Hall–Kier alpha value is -1.11. The van der Waals surface area contributed by atoms with Crippen molar-refractivity contribution in [1.29, 1.82) is 0 Å². The molecule has 1 aromatic heterocycles. The normalized spacial score (nSPS) is 21.3. The number of hydrogen-bond donors (Lipinski definition) is 0. The van der Waals surface area contributed by atoms with E-state index in [1.807, 2.05) is 12.3 Å². The van der Waals surface area contributed by atoms with Crippen LogP contribution in [0.15, 0.2) is 23.9 Å². The maximum atomic E-state index is 4.28. The smallest absolute Gasteiger partial charge is 0.0667 e. The van der Waals surface area contributed by atoms with Crippen molar-refractivity contribution in [2.75, 3.05) is 0 Å². The molecule has 1 nitrogen and oxygen atoms in total. The zero-order valence-corrected chi connectivity index (χ0v) is 6.83. The second kappa shape index (κ2) is 2.19. The molecular formula is C10H11N. The van der Waals surface area contributed by atoms with E-state index in [1.54, 1.807) is 0 Å². The number of rotatable bonds is 0. The Labute approximate surface area is 66.8 Å². The minimum atomic E-state index is 0.568. The standard InChI is InChI=1S/C10H11N/c1-7-6-10-9(8(7)2)4-3-5-11-10/h3-6,8H,1-2H3. The first-order valence-corrected chi connectivity index (χ1v) is 3.92. The van der Waals surface area contributed by atoms with Crippen LogP contribution in [0.5, 0.6) is 0 Å². The van der Waals surface area contributed by atoms with Crippen molar-refractivity contribution in [3.63, 3.8) is 0 Å². The van der Waals surface area contributed by atoms with Gasteiger partial charge in [0.2, 0.25) is 0 Å². The Morgan fingerprint density at radius 3 is 3.00 bits per heavy atom. The van der Waals surface area contributed by atoms with Gasteiger partial charge in [-0.25, -0.2) is 0 Å². The first-order chi connectivity index (χ1) is 5.29. The second-order valence-electron chi connectivity index (χ2n) is 3.09. The Bertz CT molecular complexity index is 312. The van der Waals surface area contributed by atoms with Crippen LogP contribution in [0, 0.1) is 0 Å². The summed E-state index contributed by atoms with van der Waals surface area (Å²) in [7, 11) is 0. The zero-order chi connectivity index (χ0) is 7.84. The Balaban J connectivity index is 2.58. The summed E-state index contributed by atoms with van der Waals surface area (Å²) < 4.78 is 0. The summed E-state index contributed by atoms with van der Waals surface area (Å²) in [4.78, 5) is 4.28. The lowest BCUT2D eigenvalue weighted by molar-refractivity contribution is 0.915. The van der Waals surface area contributed by atoms with Crippen LogP contribution in [0.25, 0.3) is 6.08 Å². The van der Waals surface area contributed by atoms with Gasteiger partial charge < -0.3 is 0 Å². The maximum Gasteiger partial charge on any atom is 0.0667 e. The summed E-state index contributed by atoms with van der Waals surface area (Å²) in [5.74, 6) is 0.568. The van der Waals surface area contributed by atoms with Gasteiger partial charge in [0.05, 0.1) is 5.69 Å². The molecule has 0 aromatic carbocycles. The molecule has 0 saturated carbocycles. The predicted molar refractivity (Wildman–Crippen MR) is 46.3 cm³/mol. The third kappa shape index (κ3) is 0.881. The summed E-state index contributed by atoms with van der Waals surface area (Å²) in [6, 6.07) is 4.15. The number of fused-ring (bicyclic) bond motifs is 1. The molecule has 11 heavy (non-hydrogen) atoms. The molecule has 2 rings (SSSR count). The first-order valence-electron chi connectivity index (χ1n) is 3.92. The van der Waals surface area contributed by atoms with E-state index in [-0.39, 0.29) is 0 Å². The summed E-state index contributed by atoms with van der Waals surface area (Å²) in [6.45, 7) is 4.38. The van der Waals surface area contributed by atoms with Crippen LogP contribution in [0.2, 0.25) is 0 Å². The number of hydrogen-bond acceptors (Lipinski definition) is 1. The predicted octanol–water partition coefficient (Wildman–Crippen LogP) is 2.60. The molecule has 1 aliphatic carbocycles. The van der Waals surface area contributed by atoms with Crippen molar-refractivity contribution < 1.29 is 0 Å². The number of pyridine rings is 1. The molecule has 0 aliphatic heterocycles. The second-order valence-corrected chi connectivity index (χ2v) is 3.09. The van der Waals surface area contributed by atoms with E-state index in [4.69, 9.17) is 0 Å². The van der Waals surface area contributed by atoms with Gasteiger partial charge in [0.25, 0.3) is 0 Å². The topological polar surface area (TPSA) is 12.9 Å². The molecular weight excluding hydrogens is 134 g/mol. The van der Waals surface area contributed by atoms with Crippen LogP contribution >= 0.6 is 0 Å². The number of allylic oxidation sites excluding steroid dienone is 1. The molecule has 1 unspecified atom stereocenters. The molecule has 1 aromatic rings. The van der Waals surface area contributed by atoms with E-state index >= 15 is 0 Å². The SMILES string of the molecule is CC1=Cc2ncccc2C1C. The van der Waals surface area contributed by atoms with Gasteiger partial charge in [-0.1, -0.05) is 18.6 Å². The van der Waals surface area contributed by atoms with Gasteiger partial charge in [0.1, 0.15) is 0 Å². The zero-order valence-electron chi connectivity index (χ0n) is 6.83. The lowest BCUT2D eigenvalue weighted by Gasteiger charge is -2.04. The van der Waals surface area contributed by atoms with Crippen LogP contribution in [-0.2, 0) is 0 Å². The van der Waals surface area contributed by atoms with Gasteiger partial charge in [0, 0.05) is 12.1 Å². The van der Waals surface area contributed by atoms with Gasteiger partial charge in [-0.05, 0) is 24.6 Å². The Morgan fingerprint density at radius 2 is 2.27 bits per heavy atom. The summed E-state index contributed by atoms with van der Waals surface area (Å²) in [6.07, 6.45) is 4.01. The van der Waals surface area contributed by atoms with Gasteiger partial charge in [-0.2, -0.15) is 0 Å². The highest BCUT2D eigenvalue weighted by Crippen LogP contribution is 2.33. The average Bonchev–Trinajstić information content (AvgIpc) is 2.30. The van der Waals surface area contributed by atoms with E-state index in [9.17, 15) is 0 Å². The molecule has 1 heterocycles. The van der Waals surface area contributed by atoms with Crippen molar-refractivity contribution in [2.45, 2.75) is 19.8 Å². The van der Waals surface area contributed by atoms with E-state index in [2.05, 4.69) is 31.0 Å². The lowest BCUT2D eigenvalue weighted by atomic mass is 10.0. The lowest BCUT2D eigenvalue weighted by Crippen LogP contribution is -1.90. The van der Waals surface area contributed by atoms with Crippen LogP contribution in [-0.4, -0.2) is 4.98 Å². The Kier molecular flexibility index (Phi) is 1.31. The highest BCUT2D eigenvalue weighted by molar-refractivity contribution is 5.62. The fourth-order valence-corrected chi connectivity index (χ4v) is 1.50. The molecule has 0 fully saturated rings. The van der Waals surface area contributed by atoms with Crippen LogP contribution < -0.4 is 0 Å². The van der Waals surface area contributed by atoms with Gasteiger partial charge in [-0.15, -0.1) is 0 Å². The highest BCUT2D eigenvalue weighted by atomic mass is 14.7. The summed E-state index contributed by atoms with van der Waals surface area (Å²) >= 11 is 0. The molecule has 0 N–H and O–H groups in total. The number of aromatic nitrogens is 1. The highest BCUT2D eigenvalue weighted by Gasteiger charge is 2.17. The quantitative estimate of drug-likeness (QED) is 0.546. The molecule has 1 heteroatoms. The molecule has 0 spiro atoms. The summed E-state index contributed by atoms with van der Waals surface area (Å²) in [5, 5.41) is 0. The molecule has 0 bridgehead atoms. The first kappa shape index (κ1) is 6.59. The minimum absolute atomic E-state index is 0.568.